The summed E-state index contributed by atoms with van der Waals surface area (Å²) in [4.78, 5) is 39.4. The molecule has 0 aromatic heterocycles. The molecule has 280 valence electrons. The van der Waals surface area contributed by atoms with Crippen molar-refractivity contribution in [2.24, 2.45) is 28.6 Å². The third-order valence-corrected chi connectivity index (χ3v) is 13.2. The molecular formula is C43H66O7. The van der Waals surface area contributed by atoms with Crippen LogP contribution in [0.25, 0.3) is 0 Å². The fourth-order valence-corrected chi connectivity index (χ4v) is 10.7. The van der Waals surface area contributed by atoms with Gasteiger partial charge in [-0.2, -0.15) is 0 Å². The van der Waals surface area contributed by atoms with E-state index < -0.39 is 34.9 Å². The summed E-state index contributed by atoms with van der Waals surface area (Å²) in [5.41, 5.74) is -1.22. The van der Waals surface area contributed by atoms with E-state index in [1.54, 1.807) is 12.2 Å². The molecular weight excluding hydrogens is 628 g/mol. The van der Waals surface area contributed by atoms with Crippen molar-refractivity contribution in [2.75, 3.05) is 6.61 Å². The van der Waals surface area contributed by atoms with Gasteiger partial charge in [0.25, 0.3) is 0 Å². The van der Waals surface area contributed by atoms with Crippen LogP contribution in [-0.4, -0.2) is 53.3 Å². The summed E-state index contributed by atoms with van der Waals surface area (Å²) in [6, 6.07) is 0. The molecule has 1 aliphatic heterocycles. The van der Waals surface area contributed by atoms with Crippen molar-refractivity contribution < 1.29 is 33.7 Å². The highest BCUT2D eigenvalue weighted by molar-refractivity contribution is 6.01. The molecule has 3 saturated carbocycles. The molecule has 0 aromatic rings. The third kappa shape index (κ3) is 8.10. The SMILES string of the molecule is CCCCCCCCCCC/C=C/CCCCC(=O)OCC(=O)[C@@]12OC(CCC)O[C@@H]1CC1C3CCC4=CC(=O)C=CC4(C)C3C(O)CC12C. The second-order valence-corrected chi connectivity index (χ2v) is 16.6. The van der Waals surface area contributed by atoms with Gasteiger partial charge in [0.05, 0.1) is 12.2 Å². The van der Waals surface area contributed by atoms with Crippen molar-refractivity contribution in [3.63, 3.8) is 0 Å². The van der Waals surface area contributed by atoms with E-state index in [2.05, 4.69) is 39.8 Å². The molecule has 0 bridgehead atoms. The number of hydrogen-bond donors (Lipinski definition) is 1. The fourth-order valence-electron chi connectivity index (χ4n) is 10.7. The highest BCUT2D eigenvalue weighted by Crippen LogP contribution is 2.69. The molecule has 9 atom stereocenters. The molecule has 0 spiro atoms. The van der Waals surface area contributed by atoms with Crippen LogP contribution < -0.4 is 0 Å². The van der Waals surface area contributed by atoms with E-state index in [1.807, 2.05) is 6.08 Å². The molecule has 0 radical (unpaired) electrons. The molecule has 0 aromatic carbocycles. The maximum absolute atomic E-state index is 14.3. The number of allylic oxidation sites excluding steroid dienone is 6. The monoisotopic (exact) mass is 694 g/mol. The number of carbonyl (C=O) groups excluding carboxylic acids is 3. The lowest BCUT2D eigenvalue weighted by molar-refractivity contribution is -0.201. The van der Waals surface area contributed by atoms with Crippen LogP contribution in [0.4, 0.5) is 0 Å². The Balaban J connectivity index is 1.10. The first-order valence-electron chi connectivity index (χ1n) is 20.4. The number of ketones is 2. The minimum atomic E-state index is -1.27. The molecule has 7 unspecified atom stereocenters. The number of hydrogen-bond acceptors (Lipinski definition) is 7. The summed E-state index contributed by atoms with van der Waals surface area (Å²) in [5, 5.41) is 11.9. The lowest BCUT2D eigenvalue weighted by Crippen LogP contribution is -2.63. The summed E-state index contributed by atoms with van der Waals surface area (Å²) in [7, 11) is 0. The quantitative estimate of drug-likeness (QED) is 0.0770. The minimum absolute atomic E-state index is 0.0146. The molecule has 0 amide bonds. The maximum atomic E-state index is 14.3. The minimum Gasteiger partial charge on any atom is -0.458 e. The van der Waals surface area contributed by atoms with E-state index in [0.717, 1.165) is 50.5 Å². The first-order chi connectivity index (χ1) is 24.1. The first kappa shape index (κ1) is 39.1. The van der Waals surface area contributed by atoms with E-state index >= 15 is 0 Å². The standard InChI is InChI=1S/C43H66O7/c1-5-7-8-9-10-11-12-13-14-15-16-17-18-19-20-22-38(47)48-30-36(46)43-37(49-39(50-43)21-6-2)28-34-33-24-23-31-27-32(44)25-26-41(31,3)40(33)35(45)29-42(34,43)4/h16-17,25-27,33-35,37,39-40,45H,5-15,18-24,28-30H2,1-4H3/b17-16+/t33?,34?,35?,37-,39?,40?,41?,42?,43-/m1/s1. The van der Waals surface area contributed by atoms with Crippen molar-refractivity contribution in [1.29, 1.82) is 0 Å². The number of aliphatic hydroxyl groups is 1. The summed E-state index contributed by atoms with van der Waals surface area (Å²) in [6.07, 6.45) is 28.7. The number of Topliss-reactive ketones (excluding diaryl/α,β-unsaturated/α-hetero) is 1. The van der Waals surface area contributed by atoms with Crippen LogP contribution in [0.2, 0.25) is 0 Å². The predicted molar refractivity (Wildman–Crippen MR) is 196 cm³/mol. The Morgan fingerprint density at radius 2 is 1.64 bits per heavy atom. The number of fused-ring (bicyclic) bond motifs is 7. The zero-order valence-corrected chi connectivity index (χ0v) is 31.6. The fraction of sp³-hybridized carbons (Fsp3) is 0.791. The van der Waals surface area contributed by atoms with Gasteiger partial charge in [-0.3, -0.25) is 14.4 Å². The number of ether oxygens (including phenoxy) is 3. The number of aliphatic hydroxyl groups excluding tert-OH is 1. The molecule has 4 fully saturated rings. The third-order valence-electron chi connectivity index (χ3n) is 13.2. The topological polar surface area (TPSA) is 99.1 Å². The normalized spacial score (nSPS) is 35.8. The molecule has 50 heavy (non-hydrogen) atoms. The lowest BCUT2D eigenvalue weighted by Gasteiger charge is -2.59. The van der Waals surface area contributed by atoms with Gasteiger partial charge in [-0.15, -0.1) is 0 Å². The molecule has 7 nitrogen and oxygen atoms in total. The Labute approximate surface area is 302 Å². The molecule has 5 aliphatic rings. The number of rotatable bonds is 20. The molecule has 1 heterocycles. The molecule has 7 heteroatoms. The van der Waals surface area contributed by atoms with Gasteiger partial charge in [-0.05, 0) is 88.2 Å². The molecule has 5 rings (SSSR count). The van der Waals surface area contributed by atoms with Gasteiger partial charge in [0.1, 0.15) is 0 Å². The number of carbonyl (C=O) groups is 3. The van der Waals surface area contributed by atoms with Crippen LogP contribution >= 0.6 is 0 Å². The Morgan fingerprint density at radius 1 is 0.960 bits per heavy atom. The van der Waals surface area contributed by atoms with E-state index in [0.29, 0.717) is 25.7 Å². The van der Waals surface area contributed by atoms with Crippen LogP contribution in [0.1, 0.15) is 156 Å². The lowest BCUT2D eigenvalue weighted by atomic mass is 9.46. The summed E-state index contributed by atoms with van der Waals surface area (Å²) < 4.78 is 18.8. The number of esters is 1. The molecule has 1 N–H and O–H groups in total. The van der Waals surface area contributed by atoms with Crippen molar-refractivity contribution in [3.05, 3.63) is 36.0 Å². The summed E-state index contributed by atoms with van der Waals surface area (Å²) in [6.45, 7) is 8.25. The highest BCUT2D eigenvalue weighted by Gasteiger charge is 2.75. The van der Waals surface area contributed by atoms with Crippen molar-refractivity contribution in [2.45, 2.75) is 180 Å². The second kappa shape index (κ2) is 17.6. The van der Waals surface area contributed by atoms with Gasteiger partial charge in [-0.1, -0.05) is 109 Å². The predicted octanol–water partition coefficient (Wildman–Crippen LogP) is 9.31. The van der Waals surface area contributed by atoms with E-state index in [4.69, 9.17) is 14.2 Å². The van der Waals surface area contributed by atoms with Gasteiger partial charge in [-0.25, -0.2) is 0 Å². The Morgan fingerprint density at radius 3 is 2.34 bits per heavy atom. The van der Waals surface area contributed by atoms with E-state index in [9.17, 15) is 19.5 Å². The zero-order chi connectivity index (χ0) is 35.8. The van der Waals surface area contributed by atoms with E-state index in [1.165, 1.54) is 57.8 Å². The van der Waals surface area contributed by atoms with Gasteiger partial charge in [0.2, 0.25) is 5.78 Å². The largest absolute Gasteiger partial charge is 0.458 e. The van der Waals surface area contributed by atoms with Crippen LogP contribution in [0.15, 0.2) is 36.0 Å². The van der Waals surface area contributed by atoms with Gasteiger partial charge in [0.15, 0.2) is 24.3 Å². The van der Waals surface area contributed by atoms with Crippen LogP contribution in [0.3, 0.4) is 0 Å². The van der Waals surface area contributed by atoms with Gasteiger partial charge >= 0.3 is 5.97 Å². The van der Waals surface area contributed by atoms with Crippen LogP contribution in [0.5, 0.6) is 0 Å². The van der Waals surface area contributed by atoms with Crippen molar-refractivity contribution in [3.8, 4) is 0 Å². The van der Waals surface area contributed by atoms with Gasteiger partial charge < -0.3 is 19.3 Å². The number of unbranched alkanes of at least 4 members (excludes halogenated alkanes) is 11. The van der Waals surface area contributed by atoms with Crippen LogP contribution in [0, 0.1) is 28.6 Å². The first-order valence-corrected chi connectivity index (χ1v) is 20.4. The Kier molecular flexibility index (Phi) is 13.8. The van der Waals surface area contributed by atoms with Crippen LogP contribution in [-0.2, 0) is 28.6 Å². The Bertz CT molecular complexity index is 1270. The Hall–Kier alpha value is -2.09. The molecule has 4 aliphatic carbocycles. The maximum Gasteiger partial charge on any atom is 0.306 e. The zero-order valence-electron chi connectivity index (χ0n) is 31.6. The average molecular weight is 695 g/mol. The van der Waals surface area contributed by atoms with Crippen molar-refractivity contribution in [1.82, 2.24) is 0 Å². The van der Waals surface area contributed by atoms with E-state index in [-0.39, 0.29) is 41.9 Å². The smallest absolute Gasteiger partial charge is 0.306 e. The highest BCUT2D eigenvalue weighted by atomic mass is 16.7. The summed E-state index contributed by atoms with van der Waals surface area (Å²) in [5.74, 6) is -0.380. The molecule has 1 saturated heterocycles. The van der Waals surface area contributed by atoms with Gasteiger partial charge in [0, 0.05) is 23.2 Å². The van der Waals surface area contributed by atoms with Crippen molar-refractivity contribution >= 4 is 17.5 Å². The average Bonchev–Trinajstić information content (AvgIpc) is 3.57. The summed E-state index contributed by atoms with van der Waals surface area (Å²) >= 11 is 0. The second-order valence-electron chi connectivity index (χ2n) is 16.6.